The third-order valence-electron chi connectivity index (χ3n) is 14.4. The van der Waals surface area contributed by atoms with E-state index in [1.807, 2.05) is 159 Å². The molecule has 0 aliphatic rings. The summed E-state index contributed by atoms with van der Waals surface area (Å²) in [6, 6.07) is 49.2. The average molecular weight is 1310 g/mol. The molecule has 0 spiro atoms. The van der Waals surface area contributed by atoms with E-state index < -0.39 is 24.2 Å². The maximum absolute atomic E-state index is 13.3. The van der Waals surface area contributed by atoms with Gasteiger partial charge in [-0.25, -0.2) is 33.7 Å². The highest BCUT2D eigenvalue weighted by molar-refractivity contribution is 6.28. The second kappa shape index (κ2) is 32.8. The molecule has 496 valence electrons. The Bertz CT molecular complexity index is 4290. The number of carbonyl (C=O) groups is 4. The number of pyridine rings is 2. The SMILES string of the molecule is C=C(C)Cl.COC(C)C(=O)Nc1cc(COc2ccc(NC(=O)Nc3cc(C(C)(C)C)nn3-c3ccc(C)cc3)c3ccccc23)ccn1.CO[C@H](C)C(=O)O.Cc1ccc(-n2nc(C(C)(C)C)cc2NC(=O)Nc2ccc(OCc3ccnc(N)c3)c3ccccc23)cc1. The number of nitrogen functional groups attached to an aromatic ring is 1. The fraction of sp³-hybridized carbons (Fsp3) is 0.260. The second-order valence-corrected chi connectivity index (χ2v) is 24.9. The Balaban J connectivity index is 0.000000233. The van der Waals surface area contributed by atoms with Gasteiger partial charge < -0.3 is 45.7 Å². The molecule has 0 bridgehead atoms. The first kappa shape index (κ1) is 71.8. The summed E-state index contributed by atoms with van der Waals surface area (Å²) in [5.41, 5.74) is 14.2. The van der Waals surface area contributed by atoms with E-state index in [4.69, 9.17) is 46.8 Å². The average Bonchev–Trinajstić information content (AvgIpc) is 1.80. The summed E-state index contributed by atoms with van der Waals surface area (Å²) >= 11 is 5.08. The molecule has 21 nitrogen and oxygen atoms in total. The lowest BCUT2D eigenvalue weighted by atomic mass is 9.92. The number of rotatable bonds is 17. The molecule has 22 heteroatoms. The van der Waals surface area contributed by atoms with Crippen molar-refractivity contribution in [1.29, 1.82) is 0 Å². The van der Waals surface area contributed by atoms with E-state index in [-0.39, 0.29) is 29.4 Å². The summed E-state index contributed by atoms with van der Waals surface area (Å²) in [5, 5.41) is 36.5. The number of anilines is 6. The zero-order valence-corrected chi connectivity index (χ0v) is 56.5. The number of nitrogens with zero attached hydrogens (tertiary/aromatic N) is 6. The highest BCUT2D eigenvalue weighted by Gasteiger charge is 2.24. The Kier molecular flexibility index (Phi) is 24.8. The highest BCUT2D eigenvalue weighted by Crippen LogP contribution is 2.35. The van der Waals surface area contributed by atoms with Crippen LogP contribution in [0.2, 0.25) is 0 Å². The van der Waals surface area contributed by atoms with Crippen LogP contribution in [0.5, 0.6) is 11.5 Å². The number of halogens is 1. The van der Waals surface area contributed by atoms with Crippen molar-refractivity contribution >= 4 is 91.7 Å². The van der Waals surface area contributed by atoms with Gasteiger partial charge in [-0.3, -0.25) is 15.4 Å². The van der Waals surface area contributed by atoms with Gasteiger partial charge in [0, 0.05) is 76.2 Å². The monoisotopic (exact) mass is 1310 g/mol. The normalized spacial score (nSPS) is 11.6. The molecule has 5 amide bonds. The fourth-order valence-corrected chi connectivity index (χ4v) is 8.97. The van der Waals surface area contributed by atoms with E-state index in [2.05, 4.69) is 89.4 Å². The third kappa shape index (κ3) is 20.7. The first-order chi connectivity index (χ1) is 45.1. The standard InChI is InChI=1S/C35H38N6O4.C31H32N6O2.C4H8O3.C3H5Cl/c1-22-11-13-25(14-12-22)41-32(20-30(40-41)35(3,4)5)39-34(43)37-28-15-16-29(27-10-8-7-9-26(27)28)45-21-24-17-18-36-31(19-24)38-33(42)23(2)44-6;1-20-9-11-22(12-10-20)37-29(18-27(36-37)31(2,3)4)35-30(38)34-25-13-14-26(24-8-6-5-7-23(24)25)39-19-21-15-16-33-28(32)17-21;1-3(7-2)4(5)6;1-3(2)4/h7-20,23H,21H2,1-6H3,(H,36,38,42)(H2,37,39,43);5-18H,19H2,1-4H3,(H2,32,33)(H2,34,35,38);3H,1-2H3,(H,5,6);1H2,2H3/t;;3-;/m..1./s1. The zero-order chi connectivity index (χ0) is 69.1. The van der Waals surface area contributed by atoms with Gasteiger partial charge in [-0.05, 0) is 119 Å². The highest BCUT2D eigenvalue weighted by atomic mass is 35.5. The Morgan fingerprint density at radius 2 is 0.958 bits per heavy atom. The minimum Gasteiger partial charge on any atom is -0.488 e. The van der Waals surface area contributed by atoms with Crippen molar-refractivity contribution in [3.8, 4) is 22.9 Å². The lowest BCUT2D eigenvalue weighted by Crippen LogP contribution is -2.26. The predicted molar refractivity (Wildman–Crippen MR) is 379 cm³/mol. The van der Waals surface area contributed by atoms with Crippen LogP contribution in [0, 0.1) is 13.8 Å². The number of urea groups is 2. The van der Waals surface area contributed by atoms with E-state index >= 15 is 0 Å². The molecule has 0 aliphatic carbocycles. The van der Waals surface area contributed by atoms with Crippen molar-refractivity contribution in [1.82, 2.24) is 29.5 Å². The molecule has 8 N–H and O–H groups in total. The van der Waals surface area contributed by atoms with Crippen LogP contribution in [0.25, 0.3) is 32.9 Å². The summed E-state index contributed by atoms with van der Waals surface area (Å²) in [6.45, 7) is 25.4. The number of allylic oxidation sites excluding steroid dienone is 1. The molecular weight excluding hydrogens is 1220 g/mol. The molecule has 0 saturated carbocycles. The summed E-state index contributed by atoms with van der Waals surface area (Å²) in [6.07, 6.45) is 2.00. The van der Waals surface area contributed by atoms with Gasteiger partial charge in [0.1, 0.15) is 54.1 Å². The molecule has 0 fully saturated rings. The lowest BCUT2D eigenvalue weighted by Gasteiger charge is -2.15. The van der Waals surface area contributed by atoms with E-state index in [1.54, 1.807) is 47.7 Å². The Morgan fingerprint density at radius 3 is 1.34 bits per heavy atom. The number of benzene rings is 6. The number of carbonyl (C=O) groups excluding carboxylic acids is 3. The first-order valence-electron chi connectivity index (χ1n) is 30.5. The minimum absolute atomic E-state index is 0.184. The van der Waals surface area contributed by atoms with Crippen molar-refractivity contribution < 1.29 is 43.2 Å². The van der Waals surface area contributed by atoms with Gasteiger partial charge in [-0.1, -0.05) is 144 Å². The minimum atomic E-state index is -0.928. The van der Waals surface area contributed by atoms with Gasteiger partial charge in [0.2, 0.25) is 0 Å². The van der Waals surface area contributed by atoms with Crippen molar-refractivity contribution in [2.45, 2.75) is 112 Å². The predicted octanol–water partition coefficient (Wildman–Crippen LogP) is 15.9. The topological polar surface area (TPSA) is 273 Å². The fourth-order valence-electron chi connectivity index (χ4n) is 8.97. The molecule has 10 rings (SSSR count). The van der Waals surface area contributed by atoms with Crippen molar-refractivity contribution in [3.05, 3.63) is 215 Å². The van der Waals surface area contributed by atoms with E-state index in [0.717, 1.165) is 66.6 Å². The number of hydrogen-bond acceptors (Lipinski definition) is 13. The summed E-state index contributed by atoms with van der Waals surface area (Å²) < 4.78 is 25.3. The smallest absolute Gasteiger partial charge is 0.332 e. The van der Waals surface area contributed by atoms with E-state index in [1.165, 1.54) is 21.1 Å². The molecule has 10 aromatic rings. The summed E-state index contributed by atoms with van der Waals surface area (Å²) in [4.78, 5) is 56.8. The van der Waals surface area contributed by atoms with Crippen molar-refractivity contribution in [3.63, 3.8) is 0 Å². The number of carboxylic acid groups (broad SMARTS) is 1. The van der Waals surface area contributed by atoms with Crippen LogP contribution in [0.4, 0.5) is 44.2 Å². The summed E-state index contributed by atoms with van der Waals surface area (Å²) in [7, 11) is 2.84. The van der Waals surface area contributed by atoms with Crippen LogP contribution in [-0.2, 0) is 43.1 Å². The number of ether oxygens (including phenoxy) is 4. The maximum atomic E-state index is 13.3. The van der Waals surface area contributed by atoms with Gasteiger partial charge in [-0.15, -0.1) is 0 Å². The zero-order valence-electron chi connectivity index (χ0n) is 55.8. The lowest BCUT2D eigenvalue weighted by molar-refractivity contribution is -0.147. The van der Waals surface area contributed by atoms with Gasteiger partial charge in [0.15, 0.2) is 6.10 Å². The molecule has 0 aliphatic heterocycles. The first-order valence-corrected chi connectivity index (χ1v) is 30.8. The molecule has 4 heterocycles. The quantitative estimate of drug-likeness (QED) is 0.0447. The van der Waals surface area contributed by atoms with Gasteiger partial charge >= 0.3 is 18.0 Å². The van der Waals surface area contributed by atoms with Crippen molar-refractivity contribution in [2.24, 2.45) is 0 Å². The van der Waals surface area contributed by atoms with Crippen molar-refractivity contribution in [2.75, 3.05) is 46.5 Å². The molecule has 6 aromatic carbocycles. The number of hydrogen-bond donors (Lipinski definition) is 7. The van der Waals surface area contributed by atoms with Gasteiger partial charge in [0.05, 0.1) is 34.1 Å². The van der Waals surface area contributed by atoms with Crippen LogP contribution in [0.3, 0.4) is 0 Å². The third-order valence-corrected chi connectivity index (χ3v) is 14.4. The van der Waals surface area contributed by atoms with Crippen LogP contribution in [0.1, 0.15) is 96.0 Å². The largest absolute Gasteiger partial charge is 0.488 e. The van der Waals surface area contributed by atoms with Crippen LogP contribution in [-0.4, -0.2) is 85.0 Å². The molecule has 2 atom stereocenters. The summed E-state index contributed by atoms with van der Waals surface area (Å²) in [5.74, 6) is 2.16. The van der Waals surface area contributed by atoms with E-state index in [0.29, 0.717) is 57.8 Å². The molecule has 0 saturated heterocycles. The number of aryl methyl sites for hydroxylation is 2. The van der Waals surface area contributed by atoms with Crippen LogP contribution < -0.4 is 41.8 Å². The number of amides is 5. The van der Waals surface area contributed by atoms with Gasteiger partial charge in [0.25, 0.3) is 5.91 Å². The number of aliphatic carboxylic acids is 1. The number of fused-ring (bicyclic) bond motifs is 2. The molecule has 1 unspecified atom stereocenters. The number of methoxy groups -OCH3 is 2. The maximum Gasteiger partial charge on any atom is 0.332 e. The van der Waals surface area contributed by atoms with Crippen LogP contribution in [0.15, 0.2) is 182 Å². The molecular formula is C73H83ClN12O9. The number of nitrogens with two attached hydrogens (primary N) is 1. The van der Waals surface area contributed by atoms with Crippen LogP contribution >= 0.6 is 11.6 Å². The molecule has 95 heavy (non-hydrogen) atoms. The Morgan fingerprint density at radius 1 is 0.558 bits per heavy atom. The van der Waals surface area contributed by atoms with Gasteiger partial charge in [-0.2, -0.15) is 10.2 Å². The van der Waals surface area contributed by atoms with E-state index in [9.17, 15) is 19.2 Å². The number of nitrogens with one attached hydrogen (secondary N) is 5. The Hall–Kier alpha value is -10.6. The Labute approximate surface area is 559 Å². The number of carboxylic acids is 1. The second-order valence-electron chi connectivity index (χ2n) is 24.3. The molecule has 4 aromatic heterocycles. The number of aromatic nitrogens is 6. The molecule has 0 radical (unpaired) electrons.